The van der Waals surface area contributed by atoms with Gasteiger partial charge in [-0.3, -0.25) is 9.36 Å². The lowest BCUT2D eigenvalue weighted by Crippen LogP contribution is -2.34. The molecule has 1 aliphatic rings. The Bertz CT molecular complexity index is 930. The molecule has 3 heteroatoms. The van der Waals surface area contributed by atoms with Gasteiger partial charge in [-0.15, -0.1) is 0 Å². The maximum absolute atomic E-state index is 12.1. The zero-order chi connectivity index (χ0) is 17.2. The van der Waals surface area contributed by atoms with Crippen molar-refractivity contribution in [2.24, 2.45) is 5.92 Å². The van der Waals surface area contributed by atoms with Crippen LogP contribution in [0.3, 0.4) is 0 Å². The van der Waals surface area contributed by atoms with Gasteiger partial charge in [-0.05, 0) is 47.7 Å². The number of fused-ring (bicyclic) bond motifs is 1. The molecule has 1 atom stereocenters. The monoisotopic (exact) mass is 330 g/mol. The van der Waals surface area contributed by atoms with Gasteiger partial charge in [-0.1, -0.05) is 43.3 Å². The molecule has 0 fully saturated rings. The Morgan fingerprint density at radius 3 is 2.60 bits per heavy atom. The van der Waals surface area contributed by atoms with Crippen molar-refractivity contribution in [3.05, 3.63) is 94.4 Å². The van der Waals surface area contributed by atoms with Crippen LogP contribution in [-0.2, 0) is 13.0 Å². The van der Waals surface area contributed by atoms with E-state index in [2.05, 4.69) is 54.3 Å². The van der Waals surface area contributed by atoms with Crippen molar-refractivity contribution in [1.29, 1.82) is 0 Å². The smallest absolute Gasteiger partial charge is 0.255 e. The number of hydrogen-bond donors (Lipinski definition) is 0. The summed E-state index contributed by atoms with van der Waals surface area (Å²) in [5.74, 6) is 0.596. The Balaban J connectivity index is 1.70. The minimum atomic E-state index is 0.00690. The van der Waals surface area contributed by atoms with Crippen LogP contribution in [0.1, 0.15) is 18.1 Å². The number of nitrogens with zero attached hydrogens (tertiary/aromatic N) is 2. The van der Waals surface area contributed by atoms with E-state index in [-0.39, 0.29) is 5.56 Å². The van der Waals surface area contributed by atoms with Gasteiger partial charge in [0.05, 0.1) is 0 Å². The van der Waals surface area contributed by atoms with Crippen LogP contribution in [0.4, 0.5) is 5.69 Å². The van der Waals surface area contributed by atoms with Crippen LogP contribution in [0.2, 0.25) is 0 Å². The molecule has 0 radical (unpaired) electrons. The number of benzene rings is 2. The fourth-order valence-corrected chi connectivity index (χ4v) is 3.70. The zero-order valence-corrected chi connectivity index (χ0v) is 14.4. The second kappa shape index (κ2) is 6.60. The fourth-order valence-electron chi connectivity index (χ4n) is 3.70. The minimum absolute atomic E-state index is 0.00690. The van der Waals surface area contributed by atoms with E-state index in [0.717, 1.165) is 25.2 Å². The highest BCUT2D eigenvalue weighted by Crippen LogP contribution is 2.32. The van der Waals surface area contributed by atoms with Crippen LogP contribution in [0.15, 0.2) is 77.7 Å². The van der Waals surface area contributed by atoms with E-state index in [1.807, 2.05) is 18.3 Å². The van der Waals surface area contributed by atoms with Crippen molar-refractivity contribution in [3.63, 3.8) is 0 Å². The van der Waals surface area contributed by atoms with Crippen LogP contribution in [0.25, 0.3) is 5.69 Å². The topological polar surface area (TPSA) is 25.2 Å². The van der Waals surface area contributed by atoms with Gasteiger partial charge >= 0.3 is 0 Å². The molecule has 2 aromatic carbocycles. The van der Waals surface area contributed by atoms with Gasteiger partial charge < -0.3 is 4.90 Å². The van der Waals surface area contributed by atoms with Crippen LogP contribution in [0.5, 0.6) is 0 Å². The number of rotatable bonds is 3. The van der Waals surface area contributed by atoms with Gasteiger partial charge in [0.15, 0.2) is 0 Å². The van der Waals surface area contributed by atoms with Crippen molar-refractivity contribution in [2.45, 2.75) is 19.9 Å². The van der Waals surface area contributed by atoms with Crippen molar-refractivity contribution in [2.75, 3.05) is 11.4 Å². The van der Waals surface area contributed by atoms with Gasteiger partial charge in [0.1, 0.15) is 0 Å². The van der Waals surface area contributed by atoms with E-state index in [1.54, 1.807) is 16.7 Å². The van der Waals surface area contributed by atoms with Crippen LogP contribution in [-0.4, -0.2) is 11.1 Å². The predicted octanol–water partition coefficient (Wildman–Crippen LogP) is 4.04. The highest BCUT2D eigenvalue weighted by atomic mass is 16.1. The van der Waals surface area contributed by atoms with Crippen molar-refractivity contribution >= 4 is 5.69 Å². The molecule has 0 amide bonds. The van der Waals surface area contributed by atoms with E-state index < -0.39 is 0 Å². The lowest BCUT2D eigenvalue weighted by atomic mass is 9.93. The molecule has 0 spiro atoms. The minimum Gasteiger partial charge on any atom is -0.367 e. The van der Waals surface area contributed by atoms with Crippen LogP contribution >= 0.6 is 0 Å². The number of pyridine rings is 1. The van der Waals surface area contributed by atoms with E-state index in [0.29, 0.717) is 5.92 Å². The molecule has 1 unspecified atom stereocenters. The summed E-state index contributed by atoms with van der Waals surface area (Å²) in [6.45, 7) is 4.28. The molecular formula is C22H22N2O. The summed E-state index contributed by atoms with van der Waals surface area (Å²) >= 11 is 0. The molecule has 0 aliphatic carbocycles. The molecule has 0 saturated heterocycles. The van der Waals surface area contributed by atoms with Crippen LogP contribution in [0, 0.1) is 5.92 Å². The van der Waals surface area contributed by atoms with E-state index in [9.17, 15) is 4.79 Å². The quantitative estimate of drug-likeness (QED) is 0.724. The van der Waals surface area contributed by atoms with Crippen molar-refractivity contribution < 1.29 is 0 Å². The number of aromatic nitrogens is 1. The first-order chi connectivity index (χ1) is 12.2. The van der Waals surface area contributed by atoms with Gasteiger partial charge in [0, 0.05) is 36.7 Å². The van der Waals surface area contributed by atoms with E-state index in [1.165, 1.54) is 16.8 Å². The fraction of sp³-hybridized carbons (Fsp3) is 0.227. The predicted molar refractivity (Wildman–Crippen MR) is 102 cm³/mol. The average Bonchev–Trinajstić information content (AvgIpc) is 2.62. The average molecular weight is 330 g/mol. The molecule has 126 valence electrons. The van der Waals surface area contributed by atoms with Gasteiger partial charge in [-0.2, -0.15) is 0 Å². The molecule has 3 nitrogen and oxygen atoms in total. The van der Waals surface area contributed by atoms with Gasteiger partial charge in [0.25, 0.3) is 5.56 Å². The van der Waals surface area contributed by atoms with E-state index >= 15 is 0 Å². The lowest BCUT2D eigenvalue weighted by molar-refractivity contribution is 0.530. The first-order valence-electron chi connectivity index (χ1n) is 8.80. The standard InChI is InChI=1S/C22H22N2O/c1-17-13-19-14-20(24-12-6-5-9-22(24)25)10-11-21(19)23(15-17)16-18-7-3-2-4-8-18/h2-12,14,17H,13,15-16H2,1H3. The molecule has 0 N–H and O–H groups in total. The first-order valence-corrected chi connectivity index (χ1v) is 8.80. The lowest BCUT2D eigenvalue weighted by Gasteiger charge is -2.35. The molecule has 1 aromatic heterocycles. The highest BCUT2D eigenvalue weighted by Gasteiger charge is 2.22. The largest absolute Gasteiger partial charge is 0.367 e. The van der Waals surface area contributed by atoms with Crippen molar-refractivity contribution in [1.82, 2.24) is 4.57 Å². The Kier molecular flexibility index (Phi) is 4.14. The number of hydrogen-bond acceptors (Lipinski definition) is 2. The molecule has 25 heavy (non-hydrogen) atoms. The maximum atomic E-state index is 12.1. The second-order valence-electron chi connectivity index (χ2n) is 6.90. The Morgan fingerprint density at radius 1 is 1.00 bits per heavy atom. The third-order valence-electron chi connectivity index (χ3n) is 4.82. The van der Waals surface area contributed by atoms with Crippen LogP contribution < -0.4 is 10.5 Å². The van der Waals surface area contributed by atoms with E-state index in [4.69, 9.17) is 0 Å². The Labute approximate surface area is 148 Å². The zero-order valence-electron chi connectivity index (χ0n) is 14.4. The molecule has 3 aromatic rings. The van der Waals surface area contributed by atoms with Gasteiger partial charge in [0.2, 0.25) is 0 Å². The number of anilines is 1. The normalized spacial score (nSPS) is 16.5. The molecular weight excluding hydrogens is 308 g/mol. The third-order valence-corrected chi connectivity index (χ3v) is 4.82. The summed E-state index contributed by atoms with van der Waals surface area (Å²) in [4.78, 5) is 14.6. The Morgan fingerprint density at radius 2 is 1.80 bits per heavy atom. The van der Waals surface area contributed by atoms with Gasteiger partial charge in [-0.25, -0.2) is 0 Å². The molecule has 4 rings (SSSR count). The second-order valence-corrected chi connectivity index (χ2v) is 6.90. The molecule has 1 aliphatic heterocycles. The summed E-state index contributed by atoms with van der Waals surface area (Å²) in [5, 5.41) is 0. The Hall–Kier alpha value is -2.81. The third kappa shape index (κ3) is 3.22. The summed E-state index contributed by atoms with van der Waals surface area (Å²) in [7, 11) is 0. The molecule has 2 heterocycles. The molecule has 0 saturated carbocycles. The summed E-state index contributed by atoms with van der Waals surface area (Å²) < 4.78 is 1.71. The maximum Gasteiger partial charge on any atom is 0.255 e. The summed E-state index contributed by atoms with van der Waals surface area (Å²) in [5.41, 5.74) is 4.88. The summed E-state index contributed by atoms with van der Waals surface area (Å²) in [6.07, 6.45) is 2.88. The SMILES string of the molecule is CC1Cc2cc(-n3ccccc3=O)ccc2N(Cc2ccccc2)C1. The first kappa shape index (κ1) is 15.7. The summed E-state index contributed by atoms with van der Waals surface area (Å²) in [6, 6.07) is 22.3. The van der Waals surface area contributed by atoms with Crippen molar-refractivity contribution in [3.8, 4) is 5.69 Å². The highest BCUT2D eigenvalue weighted by molar-refractivity contribution is 5.60. The molecule has 0 bridgehead atoms.